The number of aromatic nitrogens is 1. The van der Waals surface area contributed by atoms with Crippen LogP contribution < -0.4 is 0 Å². The van der Waals surface area contributed by atoms with Gasteiger partial charge in [-0.15, -0.1) is 22.9 Å². The standard InChI is InChI=1S/C12H18ClNOS/c13-8-10-9-16-12(14-10)6-1-2-7-15-11-4-3-5-11/h9,11H,1-8H2. The largest absolute Gasteiger partial charge is 0.378 e. The first-order chi connectivity index (χ1) is 7.88. The minimum absolute atomic E-state index is 0.529. The summed E-state index contributed by atoms with van der Waals surface area (Å²) < 4.78 is 5.70. The Morgan fingerprint density at radius 3 is 2.94 bits per heavy atom. The lowest BCUT2D eigenvalue weighted by Gasteiger charge is -2.25. The Hall–Kier alpha value is -0.120. The van der Waals surface area contributed by atoms with Crippen LogP contribution in [0, 0.1) is 0 Å². The number of hydrogen-bond donors (Lipinski definition) is 0. The predicted octanol–water partition coefficient (Wildman–Crippen LogP) is 3.77. The van der Waals surface area contributed by atoms with Gasteiger partial charge < -0.3 is 4.74 Å². The maximum Gasteiger partial charge on any atom is 0.0928 e. The molecule has 2 rings (SSSR count). The predicted molar refractivity (Wildman–Crippen MR) is 68.2 cm³/mol. The van der Waals surface area contributed by atoms with Crippen molar-refractivity contribution >= 4 is 22.9 Å². The molecule has 0 unspecified atom stereocenters. The van der Waals surface area contributed by atoms with Crippen LogP contribution in [0.5, 0.6) is 0 Å². The van der Waals surface area contributed by atoms with Gasteiger partial charge in [-0.25, -0.2) is 4.98 Å². The highest BCUT2D eigenvalue weighted by molar-refractivity contribution is 7.09. The highest BCUT2D eigenvalue weighted by Crippen LogP contribution is 2.22. The van der Waals surface area contributed by atoms with Gasteiger partial charge in [0, 0.05) is 12.0 Å². The monoisotopic (exact) mass is 259 g/mol. The first kappa shape index (κ1) is 12.3. The lowest BCUT2D eigenvalue weighted by Crippen LogP contribution is -2.21. The molecule has 1 aromatic rings. The van der Waals surface area contributed by atoms with Gasteiger partial charge in [0.1, 0.15) is 0 Å². The molecule has 0 atom stereocenters. The average molecular weight is 260 g/mol. The van der Waals surface area contributed by atoms with E-state index in [0.29, 0.717) is 12.0 Å². The zero-order chi connectivity index (χ0) is 11.2. The lowest BCUT2D eigenvalue weighted by molar-refractivity contribution is 0.000830. The summed E-state index contributed by atoms with van der Waals surface area (Å²) in [6.45, 7) is 0.915. The summed E-state index contributed by atoms with van der Waals surface area (Å²) in [4.78, 5) is 4.43. The zero-order valence-corrected chi connectivity index (χ0v) is 11.0. The van der Waals surface area contributed by atoms with E-state index >= 15 is 0 Å². The molecule has 0 saturated heterocycles. The van der Waals surface area contributed by atoms with Crippen molar-refractivity contribution in [2.24, 2.45) is 0 Å². The van der Waals surface area contributed by atoms with Crippen LogP contribution in [0.1, 0.15) is 42.8 Å². The van der Waals surface area contributed by atoms with Gasteiger partial charge in [-0.1, -0.05) is 0 Å². The van der Waals surface area contributed by atoms with Crippen molar-refractivity contribution in [1.82, 2.24) is 4.98 Å². The molecular formula is C12H18ClNOS. The summed E-state index contributed by atoms with van der Waals surface area (Å²) in [5.41, 5.74) is 1.01. The van der Waals surface area contributed by atoms with Crippen molar-refractivity contribution in [2.75, 3.05) is 6.61 Å². The Kier molecular flexibility index (Phi) is 5.07. The topological polar surface area (TPSA) is 22.1 Å². The average Bonchev–Trinajstić information content (AvgIpc) is 2.68. The summed E-state index contributed by atoms with van der Waals surface area (Å²) >= 11 is 7.42. The molecule has 1 saturated carbocycles. The molecule has 0 radical (unpaired) electrons. The molecule has 0 N–H and O–H groups in total. The fourth-order valence-electron chi connectivity index (χ4n) is 1.69. The third kappa shape index (κ3) is 3.72. The van der Waals surface area contributed by atoms with Gasteiger partial charge in [0.05, 0.1) is 22.7 Å². The Morgan fingerprint density at radius 1 is 1.44 bits per heavy atom. The van der Waals surface area contributed by atoms with E-state index in [2.05, 4.69) is 4.98 Å². The molecule has 1 aliphatic carbocycles. The van der Waals surface area contributed by atoms with Crippen molar-refractivity contribution in [3.05, 3.63) is 16.1 Å². The van der Waals surface area contributed by atoms with Crippen LogP contribution in [0.3, 0.4) is 0 Å². The van der Waals surface area contributed by atoms with E-state index in [9.17, 15) is 0 Å². The maximum absolute atomic E-state index is 5.71. The second kappa shape index (κ2) is 6.58. The first-order valence-electron chi connectivity index (χ1n) is 5.99. The molecule has 0 aliphatic heterocycles. The van der Waals surface area contributed by atoms with E-state index in [4.69, 9.17) is 16.3 Å². The molecule has 1 heterocycles. The fourth-order valence-corrected chi connectivity index (χ4v) is 2.76. The summed E-state index contributed by atoms with van der Waals surface area (Å²) in [5.74, 6) is 0.529. The highest BCUT2D eigenvalue weighted by Gasteiger charge is 2.16. The molecule has 4 heteroatoms. The molecule has 1 aromatic heterocycles. The van der Waals surface area contributed by atoms with Gasteiger partial charge in [-0.3, -0.25) is 0 Å². The molecule has 90 valence electrons. The molecular weight excluding hydrogens is 242 g/mol. The smallest absolute Gasteiger partial charge is 0.0928 e. The van der Waals surface area contributed by atoms with Crippen LogP contribution in [0.25, 0.3) is 0 Å². The van der Waals surface area contributed by atoms with Gasteiger partial charge in [0.2, 0.25) is 0 Å². The Bertz CT molecular complexity index is 312. The molecule has 0 spiro atoms. The van der Waals surface area contributed by atoms with Crippen LogP contribution in [-0.4, -0.2) is 17.7 Å². The quantitative estimate of drug-likeness (QED) is 0.549. The van der Waals surface area contributed by atoms with E-state index in [1.165, 1.54) is 30.7 Å². The van der Waals surface area contributed by atoms with Crippen LogP contribution >= 0.6 is 22.9 Å². The highest BCUT2D eigenvalue weighted by atomic mass is 35.5. The normalized spacial score (nSPS) is 16.3. The van der Waals surface area contributed by atoms with E-state index in [1.807, 2.05) is 5.38 Å². The van der Waals surface area contributed by atoms with Crippen molar-refractivity contribution < 1.29 is 4.74 Å². The fraction of sp³-hybridized carbons (Fsp3) is 0.750. The van der Waals surface area contributed by atoms with Crippen molar-refractivity contribution in [2.45, 2.75) is 50.5 Å². The molecule has 1 aliphatic rings. The second-order valence-electron chi connectivity index (χ2n) is 4.25. The number of nitrogens with zero attached hydrogens (tertiary/aromatic N) is 1. The van der Waals surface area contributed by atoms with Gasteiger partial charge in [-0.2, -0.15) is 0 Å². The Morgan fingerprint density at radius 2 is 2.31 bits per heavy atom. The number of ether oxygens (including phenoxy) is 1. The minimum Gasteiger partial charge on any atom is -0.378 e. The number of halogens is 1. The molecule has 16 heavy (non-hydrogen) atoms. The number of thiazole rings is 1. The summed E-state index contributed by atoms with van der Waals surface area (Å²) in [6, 6.07) is 0. The van der Waals surface area contributed by atoms with E-state index in [1.54, 1.807) is 11.3 Å². The van der Waals surface area contributed by atoms with Crippen molar-refractivity contribution in [1.29, 1.82) is 0 Å². The maximum atomic E-state index is 5.71. The van der Waals surface area contributed by atoms with Gasteiger partial charge in [0.25, 0.3) is 0 Å². The zero-order valence-electron chi connectivity index (χ0n) is 9.45. The molecule has 0 amide bonds. The van der Waals surface area contributed by atoms with Crippen LogP contribution in [0.2, 0.25) is 0 Å². The third-order valence-corrected chi connectivity index (χ3v) is 4.16. The van der Waals surface area contributed by atoms with Crippen molar-refractivity contribution in [3.8, 4) is 0 Å². The van der Waals surface area contributed by atoms with Gasteiger partial charge in [-0.05, 0) is 38.5 Å². The second-order valence-corrected chi connectivity index (χ2v) is 5.46. The van der Waals surface area contributed by atoms with Crippen LogP contribution in [-0.2, 0) is 17.0 Å². The van der Waals surface area contributed by atoms with E-state index in [0.717, 1.165) is 25.1 Å². The number of rotatable bonds is 7. The van der Waals surface area contributed by atoms with Gasteiger partial charge in [0.15, 0.2) is 0 Å². The van der Waals surface area contributed by atoms with E-state index < -0.39 is 0 Å². The molecule has 1 fully saturated rings. The summed E-state index contributed by atoms with van der Waals surface area (Å²) in [7, 11) is 0. The molecule has 2 nitrogen and oxygen atoms in total. The van der Waals surface area contributed by atoms with Crippen molar-refractivity contribution in [3.63, 3.8) is 0 Å². The van der Waals surface area contributed by atoms with Crippen LogP contribution in [0.15, 0.2) is 5.38 Å². The van der Waals surface area contributed by atoms with Gasteiger partial charge >= 0.3 is 0 Å². The minimum atomic E-state index is 0.529. The Labute approximate surface area is 106 Å². The number of unbranched alkanes of at least 4 members (excludes halogenated alkanes) is 1. The SMILES string of the molecule is ClCc1csc(CCCCOC2CCC2)n1. The number of alkyl halides is 1. The Balaban J connectivity index is 1.53. The molecule has 0 bridgehead atoms. The summed E-state index contributed by atoms with van der Waals surface area (Å²) in [5, 5.41) is 3.26. The first-order valence-corrected chi connectivity index (χ1v) is 7.41. The number of hydrogen-bond acceptors (Lipinski definition) is 3. The lowest BCUT2D eigenvalue weighted by atomic mass is 9.96. The third-order valence-electron chi connectivity index (χ3n) is 2.93. The molecule has 0 aromatic carbocycles. The van der Waals surface area contributed by atoms with Crippen LogP contribution in [0.4, 0.5) is 0 Å². The van der Waals surface area contributed by atoms with E-state index in [-0.39, 0.29) is 0 Å². The number of aryl methyl sites for hydroxylation is 1. The summed E-state index contributed by atoms with van der Waals surface area (Å²) in [6.07, 6.45) is 7.84.